The maximum absolute atomic E-state index is 11.8. The minimum Gasteiger partial charge on any atom is -0.296 e. The highest BCUT2D eigenvalue weighted by Gasteiger charge is 2.33. The Morgan fingerprint density at radius 1 is 1.22 bits per heavy atom. The van der Waals surface area contributed by atoms with Gasteiger partial charge in [0, 0.05) is 18.4 Å². The van der Waals surface area contributed by atoms with Crippen molar-refractivity contribution in [2.75, 3.05) is 0 Å². The summed E-state index contributed by atoms with van der Waals surface area (Å²) in [6.07, 6.45) is 0.630. The molecular weight excluding hydrogens is 292 g/mol. The fraction of sp³-hybridized carbons (Fsp3) is 0.412. The van der Waals surface area contributed by atoms with Gasteiger partial charge >= 0.3 is 0 Å². The van der Waals surface area contributed by atoms with E-state index in [1.807, 2.05) is 55.8 Å². The third kappa shape index (κ3) is 3.16. The summed E-state index contributed by atoms with van der Waals surface area (Å²) in [6.45, 7) is 6.12. The van der Waals surface area contributed by atoms with Gasteiger partial charge in [0.25, 0.3) is 0 Å². The van der Waals surface area contributed by atoms with Crippen molar-refractivity contribution < 1.29 is 9.59 Å². The number of nitrogens with zero attached hydrogens (tertiary/aromatic N) is 3. The molecule has 2 amide bonds. The second kappa shape index (κ2) is 5.61. The van der Waals surface area contributed by atoms with E-state index in [1.165, 1.54) is 0 Å². The Hall–Kier alpha value is -2.50. The van der Waals surface area contributed by atoms with Crippen molar-refractivity contribution in [1.82, 2.24) is 20.1 Å². The number of carbonyl (C=O) groups excluding carboxylic acids is 2. The molecule has 1 aromatic carbocycles. The predicted octanol–water partition coefficient (Wildman–Crippen LogP) is 1.91. The van der Waals surface area contributed by atoms with Crippen LogP contribution < -0.4 is 5.32 Å². The monoisotopic (exact) mass is 312 g/mol. The van der Waals surface area contributed by atoms with Crippen LogP contribution in [0.5, 0.6) is 0 Å². The minimum atomic E-state index is -0.364. The van der Waals surface area contributed by atoms with Crippen LogP contribution in [-0.4, -0.2) is 26.6 Å². The first kappa shape index (κ1) is 15.4. The highest BCUT2D eigenvalue weighted by atomic mass is 16.2. The Morgan fingerprint density at radius 2 is 1.91 bits per heavy atom. The normalized spacial score (nSPS) is 18.3. The first-order chi connectivity index (χ1) is 10.8. The number of carbonyl (C=O) groups is 2. The Labute approximate surface area is 134 Å². The highest BCUT2D eigenvalue weighted by Crippen LogP contribution is 2.24. The summed E-state index contributed by atoms with van der Waals surface area (Å²) in [6, 6.07) is 9.74. The lowest BCUT2D eigenvalue weighted by Gasteiger charge is -2.21. The standard InChI is InChI=1S/C17H20N4O2/c1-17(2,3)21-13(9-12-10-14(22)19-16(12)23)18-15(20-21)11-7-5-4-6-8-11/h4-8,12H,9-10H2,1-3H3,(H,19,22,23). The molecule has 2 heterocycles. The molecule has 6 nitrogen and oxygen atoms in total. The molecule has 6 heteroatoms. The molecule has 1 atom stereocenters. The Kier molecular flexibility index (Phi) is 3.75. The number of imide groups is 1. The molecule has 0 saturated carbocycles. The van der Waals surface area contributed by atoms with Crippen LogP contribution in [0.3, 0.4) is 0 Å². The van der Waals surface area contributed by atoms with Crippen molar-refractivity contribution in [3.05, 3.63) is 36.2 Å². The number of nitrogens with one attached hydrogen (secondary N) is 1. The number of hydrogen-bond donors (Lipinski definition) is 1. The SMILES string of the molecule is CC(C)(C)n1nc(-c2ccccc2)nc1CC1CC(=O)NC1=O. The van der Waals surface area contributed by atoms with Crippen LogP contribution >= 0.6 is 0 Å². The highest BCUT2D eigenvalue weighted by molar-refractivity contribution is 6.03. The van der Waals surface area contributed by atoms with E-state index < -0.39 is 0 Å². The molecule has 1 fully saturated rings. The van der Waals surface area contributed by atoms with E-state index in [-0.39, 0.29) is 29.7 Å². The van der Waals surface area contributed by atoms with E-state index in [4.69, 9.17) is 0 Å². The van der Waals surface area contributed by atoms with Gasteiger partial charge in [0.1, 0.15) is 5.82 Å². The number of hydrogen-bond acceptors (Lipinski definition) is 4. The lowest BCUT2D eigenvalue weighted by molar-refractivity contribution is -0.125. The van der Waals surface area contributed by atoms with Crippen LogP contribution in [0, 0.1) is 5.92 Å². The zero-order chi connectivity index (χ0) is 16.6. The molecule has 1 N–H and O–H groups in total. The van der Waals surface area contributed by atoms with E-state index in [1.54, 1.807) is 0 Å². The quantitative estimate of drug-likeness (QED) is 0.878. The average molecular weight is 312 g/mol. The second-order valence-electron chi connectivity index (χ2n) is 6.82. The summed E-state index contributed by atoms with van der Waals surface area (Å²) in [7, 11) is 0. The van der Waals surface area contributed by atoms with Crippen LogP contribution in [0.1, 0.15) is 33.0 Å². The molecule has 2 aromatic rings. The molecular formula is C17H20N4O2. The van der Waals surface area contributed by atoms with Gasteiger partial charge in [-0.2, -0.15) is 5.10 Å². The van der Waals surface area contributed by atoms with Crippen LogP contribution in [0.2, 0.25) is 0 Å². The molecule has 1 aliphatic rings. The number of amides is 2. The molecule has 0 radical (unpaired) electrons. The summed E-state index contributed by atoms with van der Waals surface area (Å²) in [5.41, 5.74) is 0.678. The van der Waals surface area contributed by atoms with E-state index in [0.29, 0.717) is 12.2 Å². The number of aromatic nitrogens is 3. The first-order valence-electron chi connectivity index (χ1n) is 7.70. The molecule has 120 valence electrons. The van der Waals surface area contributed by atoms with Crippen molar-refractivity contribution in [2.45, 2.75) is 39.2 Å². The summed E-state index contributed by atoms with van der Waals surface area (Å²) in [5.74, 6) is 0.563. The van der Waals surface area contributed by atoms with Crippen LogP contribution in [0.25, 0.3) is 11.4 Å². The average Bonchev–Trinajstić information content (AvgIpc) is 3.04. The number of rotatable bonds is 3. The van der Waals surface area contributed by atoms with E-state index >= 15 is 0 Å². The fourth-order valence-corrected chi connectivity index (χ4v) is 2.72. The van der Waals surface area contributed by atoms with Gasteiger partial charge in [-0.15, -0.1) is 0 Å². The number of benzene rings is 1. The van der Waals surface area contributed by atoms with E-state index in [9.17, 15) is 9.59 Å². The minimum absolute atomic E-state index is 0.217. The molecule has 0 bridgehead atoms. The van der Waals surface area contributed by atoms with E-state index in [0.717, 1.165) is 11.4 Å². The van der Waals surface area contributed by atoms with Gasteiger partial charge in [0.05, 0.1) is 11.5 Å². The van der Waals surface area contributed by atoms with Crippen LogP contribution in [0.4, 0.5) is 0 Å². The summed E-state index contributed by atoms with van der Waals surface area (Å²) in [5, 5.41) is 6.98. The predicted molar refractivity (Wildman–Crippen MR) is 85.4 cm³/mol. The molecule has 1 aromatic heterocycles. The molecule has 3 rings (SSSR count). The lowest BCUT2D eigenvalue weighted by atomic mass is 10.0. The fourth-order valence-electron chi connectivity index (χ4n) is 2.72. The van der Waals surface area contributed by atoms with Gasteiger partial charge < -0.3 is 0 Å². The van der Waals surface area contributed by atoms with Crippen molar-refractivity contribution in [2.24, 2.45) is 5.92 Å². The zero-order valence-corrected chi connectivity index (χ0v) is 13.5. The molecule has 1 unspecified atom stereocenters. The molecule has 23 heavy (non-hydrogen) atoms. The smallest absolute Gasteiger partial charge is 0.230 e. The molecule has 0 spiro atoms. The third-order valence-electron chi connectivity index (χ3n) is 3.84. The van der Waals surface area contributed by atoms with Crippen molar-refractivity contribution in [3.8, 4) is 11.4 Å². The van der Waals surface area contributed by atoms with Gasteiger partial charge in [0.2, 0.25) is 11.8 Å². The van der Waals surface area contributed by atoms with Gasteiger partial charge in [-0.25, -0.2) is 9.67 Å². The van der Waals surface area contributed by atoms with Crippen molar-refractivity contribution >= 4 is 11.8 Å². The lowest BCUT2D eigenvalue weighted by Crippen LogP contribution is -2.28. The Morgan fingerprint density at radius 3 is 2.48 bits per heavy atom. The van der Waals surface area contributed by atoms with Crippen LogP contribution in [-0.2, 0) is 21.5 Å². The molecule has 1 aliphatic heterocycles. The maximum Gasteiger partial charge on any atom is 0.230 e. The summed E-state index contributed by atoms with van der Waals surface area (Å²) >= 11 is 0. The van der Waals surface area contributed by atoms with Gasteiger partial charge in [0.15, 0.2) is 5.82 Å². The first-order valence-corrected chi connectivity index (χ1v) is 7.70. The Balaban J connectivity index is 1.96. The van der Waals surface area contributed by atoms with Crippen molar-refractivity contribution in [3.63, 3.8) is 0 Å². The third-order valence-corrected chi connectivity index (χ3v) is 3.84. The van der Waals surface area contributed by atoms with Gasteiger partial charge in [-0.05, 0) is 20.8 Å². The Bertz CT molecular complexity index is 744. The topological polar surface area (TPSA) is 76.9 Å². The second-order valence-corrected chi connectivity index (χ2v) is 6.82. The zero-order valence-electron chi connectivity index (χ0n) is 13.5. The largest absolute Gasteiger partial charge is 0.296 e. The van der Waals surface area contributed by atoms with Gasteiger partial charge in [-0.3, -0.25) is 14.9 Å². The van der Waals surface area contributed by atoms with E-state index in [2.05, 4.69) is 15.4 Å². The summed E-state index contributed by atoms with van der Waals surface area (Å²) in [4.78, 5) is 27.9. The van der Waals surface area contributed by atoms with Gasteiger partial charge in [-0.1, -0.05) is 30.3 Å². The summed E-state index contributed by atoms with van der Waals surface area (Å²) < 4.78 is 1.85. The van der Waals surface area contributed by atoms with Crippen LogP contribution in [0.15, 0.2) is 30.3 Å². The molecule has 1 saturated heterocycles. The molecule has 0 aliphatic carbocycles. The van der Waals surface area contributed by atoms with Crippen molar-refractivity contribution in [1.29, 1.82) is 0 Å². The maximum atomic E-state index is 11.8.